The second-order valence-electron chi connectivity index (χ2n) is 6.35. The van der Waals surface area contributed by atoms with Crippen molar-refractivity contribution < 1.29 is 18.7 Å². The number of halogens is 1. The molecular formula is C20H17FN4O3. The number of rotatable bonds is 4. The molecule has 8 heteroatoms. The van der Waals surface area contributed by atoms with Gasteiger partial charge >= 0.3 is 0 Å². The summed E-state index contributed by atoms with van der Waals surface area (Å²) in [5.74, 6) is 0.0100. The molecule has 142 valence electrons. The van der Waals surface area contributed by atoms with Gasteiger partial charge in [0.1, 0.15) is 23.4 Å². The van der Waals surface area contributed by atoms with Gasteiger partial charge in [-0.3, -0.25) is 9.59 Å². The maximum atomic E-state index is 13.2. The van der Waals surface area contributed by atoms with Crippen molar-refractivity contribution >= 4 is 23.3 Å². The predicted octanol–water partition coefficient (Wildman–Crippen LogP) is 3.22. The van der Waals surface area contributed by atoms with Crippen molar-refractivity contribution in [1.82, 2.24) is 9.78 Å². The molecule has 7 nitrogen and oxygen atoms in total. The number of hydrogen-bond acceptors (Lipinski definition) is 4. The Bertz CT molecular complexity index is 1050. The van der Waals surface area contributed by atoms with Gasteiger partial charge in [0, 0.05) is 17.3 Å². The van der Waals surface area contributed by atoms with Gasteiger partial charge in [0.25, 0.3) is 0 Å². The standard InChI is InChI=1S/C20H17FN4O3/c1-28-15-4-2-3-14(9-15)23-20(27)17-10-18(26)24-19-16(11-22-25(17)19)12-5-7-13(21)8-6-12/h2-9,11,17H,10H2,1H3,(H,23,27)(H,24,26)/t17-/m0/s1. The van der Waals surface area contributed by atoms with Gasteiger partial charge in [-0.15, -0.1) is 0 Å². The highest BCUT2D eigenvalue weighted by molar-refractivity contribution is 6.03. The first kappa shape index (κ1) is 17.7. The number of hydrogen-bond donors (Lipinski definition) is 2. The summed E-state index contributed by atoms with van der Waals surface area (Å²) in [7, 11) is 1.54. The summed E-state index contributed by atoms with van der Waals surface area (Å²) in [4.78, 5) is 25.0. The van der Waals surface area contributed by atoms with Crippen LogP contribution in [0.5, 0.6) is 5.75 Å². The number of carbonyl (C=O) groups excluding carboxylic acids is 2. The predicted molar refractivity (Wildman–Crippen MR) is 102 cm³/mol. The number of methoxy groups -OCH3 is 1. The van der Waals surface area contributed by atoms with Crippen LogP contribution in [0.4, 0.5) is 15.9 Å². The molecule has 0 bridgehead atoms. The zero-order chi connectivity index (χ0) is 19.7. The molecule has 2 N–H and O–H groups in total. The minimum Gasteiger partial charge on any atom is -0.497 e. The molecule has 0 unspecified atom stereocenters. The van der Waals surface area contributed by atoms with Gasteiger partial charge in [-0.2, -0.15) is 5.10 Å². The Morgan fingerprint density at radius 3 is 2.82 bits per heavy atom. The van der Waals surface area contributed by atoms with E-state index < -0.39 is 6.04 Å². The number of ether oxygens (including phenoxy) is 1. The molecule has 2 aromatic carbocycles. The lowest BCUT2D eigenvalue weighted by Gasteiger charge is -2.24. The Balaban J connectivity index is 1.64. The molecule has 0 aliphatic carbocycles. The van der Waals surface area contributed by atoms with Gasteiger partial charge in [-0.05, 0) is 29.8 Å². The van der Waals surface area contributed by atoms with Gasteiger partial charge in [-0.25, -0.2) is 9.07 Å². The van der Waals surface area contributed by atoms with Crippen LogP contribution >= 0.6 is 0 Å². The van der Waals surface area contributed by atoms with E-state index in [1.807, 2.05) is 0 Å². The van der Waals surface area contributed by atoms with Crippen molar-refractivity contribution in [2.24, 2.45) is 0 Å². The first-order valence-electron chi connectivity index (χ1n) is 8.63. The Hall–Kier alpha value is -3.68. The topological polar surface area (TPSA) is 85.2 Å². The van der Waals surface area contributed by atoms with Crippen LogP contribution < -0.4 is 15.4 Å². The molecule has 1 aliphatic heterocycles. The number of benzene rings is 2. The van der Waals surface area contributed by atoms with Gasteiger partial charge < -0.3 is 15.4 Å². The third-order valence-corrected chi connectivity index (χ3v) is 4.52. The largest absolute Gasteiger partial charge is 0.497 e. The van der Waals surface area contributed by atoms with Crippen molar-refractivity contribution in [1.29, 1.82) is 0 Å². The smallest absolute Gasteiger partial charge is 0.249 e. The van der Waals surface area contributed by atoms with Crippen LogP contribution in [0.1, 0.15) is 12.5 Å². The number of fused-ring (bicyclic) bond motifs is 1. The van der Waals surface area contributed by atoms with E-state index in [2.05, 4.69) is 15.7 Å². The van der Waals surface area contributed by atoms with Crippen molar-refractivity contribution in [3.05, 3.63) is 60.5 Å². The molecule has 1 aliphatic rings. The minimum atomic E-state index is -0.802. The molecule has 0 radical (unpaired) electrons. The van der Waals surface area contributed by atoms with E-state index in [9.17, 15) is 14.0 Å². The molecule has 2 amide bonds. The average molecular weight is 380 g/mol. The molecular weight excluding hydrogens is 363 g/mol. The van der Waals surface area contributed by atoms with Crippen LogP contribution in [0.15, 0.2) is 54.7 Å². The summed E-state index contributed by atoms with van der Waals surface area (Å²) in [5, 5.41) is 9.84. The number of amides is 2. The number of aromatic nitrogens is 2. The fraction of sp³-hybridized carbons (Fsp3) is 0.150. The quantitative estimate of drug-likeness (QED) is 0.728. The first-order valence-corrected chi connectivity index (χ1v) is 8.63. The van der Waals surface area contributed by atoms with E-state index in [4.69, 9.17) is 4.74 Å². The van der Waals surface area contributed by atoms with Gasteiger partial charge in [-0.1, -0.05) is 18.2 Å². The van der Waals surface area contributed by atoms with Gasteiger partial charge in [0.05, 0.1) is 19.7 Å². The number of carbonyl (C=O) groups is 2. The lowest BCUT2D eigenvalue weighted by molar-refractivity contribution is -0.125. The summed E-state index contributed by atoms with van der Waals surface area (Å²) in [6.07, 6.45) is 1.52. The third kappa shape index (κ3) is 3.32. The van der Waals surface area contributed by atoms with Crippen molar-refractivity contribution in [3.8, 4) is 16.9 Å². The van der Waals surface area contributed by atoms with E-state index >= 15 is 0 Å². The number of anilines is 2. The highest BCUT2D eigenvalue weighted by atomic mass is 19.1. The van der Waals surface area contributed by atoms with E-state index in [0.29, 0.717) is 28.4 Å². The monoisotopic (exact) mass is 380 g/mol. The highest BCUT2D eigenvalue weighted by Gasteiger charge is 2.33. The minimum absolute atomic E-state index is 0.0344. The van der Waals surface area contributed by atoms with Crippen molar-refractivity contribution in [2.75, 3.05) is 17.7 Å². The van der Waals surface area contributed by atoms with Crippen LogP contribution in [0.25, 0.3) is 11.1 Å². The molecule has 1 atom stereocenters. The van der Waals surface area contributed by atoms with Crippen LogP contribution in [-0.4, -0.2) is 28.7 Å². The molecule has 28 heavy (non-hydrogen) atoms. The fourth-order valence-electron chi connectivity index (χ4n) is 3.14. The van der Waals surface area contributed by atoms with E-state index in [0.717, 1.165) is 0 Å². The second kappa shape index (κ2) is 7.15. The molecule has 0 fully saturated rings. The van der Waals surface area contributed by atoms with Crippen molar-refractivity contribution in [2.45, 2.75) is 12.5 Å². The molecule has 0 saturated carbocycles. The molecule has 0 spiro atoms. The third-order valence-electron chi connectivity index (χ3n) is 4.52. The lowest BCUT2D eigenvalue weighted by atomic mass is 10.1. The van der Waals surface area contributed by atoms with Crippen LogP contribution in [0, 0.1) is 5.82 Å². The number of nitrogens with one attached hydrogen (secondary N) is 2. The van der Waals surface area contributed by atoms with Crippen LogP contribution in [0.3, 0.4) is 0 Å². The van der Waals surface area contributed by atoms with Crippen LogP contribution in [0.2, 0.25) is 0 Å². The Morgan fingerprint density at radius 1 is 1.29 bits per heavy atom. The average Bonchev–Trinajstić information content (AvgIpc) is 3.11. The summed E-state index contributed by atoms with van der Waals surface area (Å²) in [5.41, 5.74) is 1.87. The second-order valence-corrected chi connectivity index (χ2v) is 6.35. The summed E-state index contributed by atoms with van der Waals surface area (Å²) in [6, 6.07) is 12.0. The molecule has 3 aromatic rings. The molecule has 0 saturated heterocycles. The highest BCUT2D eigenvalue weighted by Crippen LogP contribution is 2.34. The maximum Gasteiger partial charge on any atom is 0.249 e. The first-order chi connectivity index (χ1) is 13.5. The zero-order valence-electron chi connectivity index (χ0n) is 15.0. The molecule has 2 heterocycles. The van der Waals surface area contributed by atoms with E-state index in [1.54, 1.807) is 49.7 Å². The van der Waals surface area contributed by atoms with Gasteiger partial charge in [0.15, 0.2) is 0 Å². The SMILES string of the molecule is COc1cccc(NC(=O)[C@@H]2CC(=O)Nc3c(-c4ccc(F)cc4)cnn32)c1. The normalized spacial score (nSPS) is 15.5. The lowest BCUT2D eigenvalue weighted by Crippen LogP contribution is -2.35. The maximum absolute atomic E-state index is 13.2. The number of nitrogens with zero attached hydrogens (tertiary/aromatic N) is 2. The summed E-state index contributed by atoms with van der Waals surface area (Å²) >= 11 is 0. The molecule has 1 aromatic heterocycles. The van der Waals surface area contributed by atoms with Crippen molar-refractivity contribution in [3.63, 3.8) is 0 Å². The fourth-order valence-corrected chi connectivity index (χ4v) is 3.14. The summed E-state index contributed by atoms with van der Waals surface area (Å²) in [6.45, 7) is 0. The van der Waals surface area contributed by atoms with E-state index in [1.165, 1.54) is 16.8 Å². The summed E-state index contributed by atoms with van der Waals surface area (Å²) < 4.78 is 19.8. The van der Waals surface area contributed by atoms with E-state index in [-0.39, 0.29) is 24.1 Å². The van der Waals surface area contributed by atoms with Crippen LogP contribution in [-0.2, 0) is 9.59 Å². The Labute approximate surface area is 160 Å². The Morgan fingerprint density at radius 2 is 2.07 bits per heavy atom. The van der Waals surface area contributed by atoms with Gasteiger partial charge in [0.2, 0.25) is 11.8 Å². The molecule has 4 rings (SSSR count). The Kier molecular flexibility index (Phi) is 4.52. The zero-order valence-corrected chi connectivity index (χ0v) is 15.0.